The Morgan fingerprint density at radius 3 is 2.40 bits per heavy atom. The maximum Gasteiger partial charge on any atom is 0.230 e. The molecule has 15 heavy (non-hydrogen) atoms. The summed E-state index contributed by atoms with van der Waals surface area (Å²) in [6.45, 7) is 11.1. The molecule has 1 amide bonds. The van der Waals surface area contributed by atoms with E-state index in [0.717, 1.165) is 26.1 Å². The molecule has 0 aromatic rings. The van der Waals surface area contributed by atoms with Crippen molar-refractivity contribution in [3.8, 4) is 0 Å². The van der Waals surface area contributed by atoms with E-state index in [1.54, 1.807) is 11.8 Å². The lowest BCUT2D eigenvalue weighted by atomic mass is 10.3. The van der Waals surface area contributed by atoms with Gasteiger partial charge in [-0.1, -0.05) is 27.7 Å². The summed E-state index contributed by atoms with van der Waals surface area (Å²) in [5.41, 5.74) is 0. The van der Waals surface area contributed by atoms with E-state index in [1.807, 2.05) is 0 Å². The van der Waals surface area contributed by atoms with Crippen LogP contribution in [0.3, 0.4) is 0 Å². The van der Waals surface area contributed by atoms with Gasteiger partial charge in [-0.15, -0.1) is 11.8 Å². The highest BCUT2D eigenvalue weighted by molar-refractivity contribution is 8.01. The Labute approximate surface area is 97.8 Å². The largest absolute Gasteiger partial charge is 0.354 e. The second kappa shape index (κ2) is 7.99. The van der Waals surface area contributed by atoms with Gasteiger partial charge in [-0.05, 0) is 13.0 Å². The molecule has 0 rings (SSSR count). The predicted molar refractivity (Wildman–Crippen MR) is 68.4 cm³/mol. The van der Waals surface area contributed by atoms with Crippen molar-refractivity contribution in [3.63, 3.8) is 0 Å². The van der Waals surface area contributed by atoms with Crippen molar-refractivity contribution in [2.24, 2.45) is 0 Å². The molecule has 3 nitrogen and oxygen atoms in total. The highest BCUT2D eigenvalue weighted by Gasteiger charge is 2.12. The Balaban J connectivity index is 3.34. The van der Waals surface area contributed by atoms with Crippen LogP contribution >= 0.6 is 11.8 Å². The predicted octanol–water partition coefficient (Wildman–Crippen LogP) is 1.63. The molecule has 0 radical (unpaired) electrons. The zero-order chi connectivity index (χ0) is 11.7. The Bertz CT molecular complexity index is 178. The quantitative estimate of drug-likeness (QED) is 0.656. The number of hydrogen-bond donors (Lipinski definition) is 2. The fraction of sp³-hybridized carbons (Fsp3) is 0.909. The van der Waals surface area contributed by atoms with Gasteiger partial charge in [-0.25, -0.2) is 0 Å². The molecule has 4 heteroatoms. The van der Waals surface area contributed by atoms with Gasteiger partial charge in [-0.2, -0.15) is 0 Å². The Morgan fingerprint density at radius 2 is 1.87 bits per heavy atom. The number of hydrogen-bond acceptors (Lipinski definition) is 3. The summed E-state index contributed by atoms with van der Waals surface area (Å²) in [5.74, 6) is 0.685. The molecule has 0 fully saturated rings. The van der Waals surface area contributed by atoms with Gasteiger partial charge in [0.2, 0.25) is 5.91 Å². The van der Waals surface area contributed by atoms with Gasteiger partial charge in [0, 0.05) is 17.8 Å². The molecule has 90 valence electrons. The first-order chi connectivity index (χ1) is 6.95. The van der Waals surface area contributed by atoms with Crippen LogP contribution in [0.4, 0.5) is 0 Å². The van der Waals surface area contributed by atoms with Crippen LogP contribution < -0.4 is 10.6 Å². The van der Waals surface area contributed by atoms with Crippen LogP contribution in [-0.2, 0) is 4.79 Å². The summed E-state index contributed by atoms with van der Waals surface area (Å²) in [5, 5.41) is 6.13. The molecular formula is C11H24N2OS. The van der Waals surface area contributed by atoms with Crippen molar-refractivity contribution >= 4 is 17.7 Å². The normalized spacial score (nSPS) is 11.5. The number of carbonyl (C=O) groups is 1. The van der Waals surface area contributed by atoms with Crippen molar-refractivity contribution in [1.82, 2.24) is 10.6 Å². The van der Waals surface area contributed by atoms with Crippen LogP contribution in [-0.4, -0.2) is 36.0 Å². The number of amides is 1. The van der Waals surface area contributed by atoms with E-state index >= 15 is 0 Å². The standard InChI is InChI=1S/C11H24N2OS/c1-5-6-12-7-8-13-10(14)9-15-11(2,3)4/h12H,5-9H2,1-4H3,(H,13,14). The number of nitrogens with one attached hydrogen (secondary N) is 2. The van der Waals surface area contributed by atoms with Crippen LogP contribution in [0.15, 0.2) is 0 Å². The van der Waals surface area contributed by atoms with Crippen LogP contribution in [0.5, 0.6) is 0 Å². The summed E-state index contributed by atoms with van der Waals surface area (Å²) < 4.78 is 0.164. The minimum absolute atomic E-state index is 0.133. The molecule has 0 aromatic carbocycles. The Kier molecular flexibility index (Phi) is 7.88. The summed E-state index contributed by atoms with van der Waals surface area (Å²) in [7, 11) is 0. The molecule has 2 N–H and O–H groups in total. The van der Waals surface area contributed by atoms with Gasteiger partial charge in [0.15, 0.2) is 0 Å². The van der Waals surface area contributed by atoms with E-state index in [1.165, 1.54) is 0 Å². The second-order valence-electron chi connectivity index (χ2n) is 4.50. The van der Waals surface area contributed by atoms with Crippen molar-refractivity contribution in [2.75, 3.05) is 25.4 Å². The smallest absolute Gasteiger partial charge is 0.230 e. The van der Waals surface area contributed by atoms with Crippen molar-refractivity contribution in [3.05, 3.63) is 0 Å². The van der Waals surface area contributed by atoms with E-state index in [0.29, 0.717) is 5.75 Å². The zero-order valence-electron chi connectivity index (χ0n) is 10.4. The molecule has 0 saturated carbocycles. The monoisotopic (exact) mass is 232 g/mol. The van der Waals surface area contributed by atoms with Crippen molar-refractivity contribution in [1.29, 1.82) is 0 Å². The molecular weight excluding hydrogens is 208 g/mol. The summed E-state index contributed by atoms with van der Waals surface area (Å²) in [6.07, 6.45) is 1.13. The first-order valence-electron chi connectivity index (χ1n) is 5.57. The highest BCUT2D eigenvalue weighted by atomic mass is 32.2. The number of thioether (sulfide) groups is 1. The topological polar surface area (TPSA) is 41.1 Å². The molecule has 0 bridgehead atoms. The Morgan fingerprint density at radius 1 is 1.20 bits per heavy atom. The average Bonchev–Trinajstić information content (AvgIpc) is 2.13. The average molecular weight is 232 g/mol. The molecule has 0 spiro atoms. The fourth-order valence-electron chi connectivity index (χ4n) is 0.925. The third kappa shape index (κ3) is 11.7. The van der Waals surface area contributed by atoms with Crippen LogP contribution in [0.1, 0.15) is 34.1 Å². The molecule has 0 heterocycles. The van der Waals surface area contributed by atoms with Crippen LogP contribution in [0.25, 0.3) is 0 Å². The van der Waals surface area contributed by atoms with Gasteiger partial charge in [0.1, 0.15) is 0 Å². The van der Waals surface area contributed by atoms with Gasteiger partial charge in [-0.3, -0.25) is 4.79 Å². The number of carbonyl (C=O) groups excluding carboxylic acids is 1. The highest BCUT2D eigenvalue weighted by Crippen LogP contribution is 2.22. The summed E-state index contributed by atoms with van der Waals surface area (Å²) in [4.78, 5) is 11.4. The lowest BCUT2D eigenvalue weighted by Crippen LogP contribution is -2.33. The molecule has 0 aliphatic heterocycles. The molecule has 0 aromatic heterocycles. The first-order valence-corrected chi connectivity index (χ1v) is 6.55. The Hall–Kier alpha value is -0.220. The van der Waals surface area contributed by atoms with Gasteiger partial charge >= 0.3 is 0 Å². The lowest BCUT2D eigenvalue weighted by Gasteiger charge is -2.16. The number of rotatable bonds is 7. The zero-order valence-corrected chi connectivity index (χ0v) is 11.2. The van der Waals surface area contributed by atoms with E-state index in [4.69, 9.17) is 0 Å². The van der Waals surface area contributed by atoms with Crippen LogP contribution in [0, 0.1) is 0 Å². The van der Waals surface area contributed by atoms with E-state index in [-0.39, 0.29) is 10.7 Å². The molecule has 0 saturated heterocycles. The minimum atomic E-state index is 0.133. The van der Waals surface area contributed by atoms with Gasteiger partial charge in [0.25, 0.3) is 0 Å². The minimum Gasteiger partial charge on any atom is -0.354 e. The van der Waals surface area contributed by atoms with Gasteiger partial charge in [0.05, 0.1) is 5.75 Å². The van der Waals surface area contributed by atoms with Crippen molar-refractivity contribution < 1.29 is 4.79 Å². The maximum atomic E-state index is 11.4. The van der Waals surface area contributed by atoms with Crippen molar-refractivity contribution in [2.45, 2.75) is 38.9 Å². The first kappa shape index (κ1) is 14.8. The van der Waals surface area contributed by atoms with Gasteiger partial charge < -0.3 is 10.6 Å². The molecule has 0 aliphatic carbocycles. The molecule has 0 atom stereocenters. The summed E-state index contributed by atoms with van der Waals surface area (Å²) in [6, 6.07) is 0. The lowest BCUT2D eigenvalue weighted by molar-refractivity contribution is -0.118. The maximum absolute atomic E-state index is 11.4. The SMILES string of the molecule is CCCNCCNC(=O)CSC(C)(C)C. The third-order valence-electron chi connectivity index (χ3n) is 1.69. The fourth-order valence-corrected chi connectivity index (χ4v) is 1.59. The third-order valence-corrected chi connectivity index (χ3v) is 2.96. The van der Waals surface area contributed by atoms with E-state index in [2.05, 4.69) is 38.3 Å². The second-order valence-corrected chi connectivity index (χ2v) is 6.30. The molecule has 0 aliphatic rings. The van der Waals surface area contributed by atoms with E-state index < -0.39 is 0 Å². The van der Waals surface area contributed by atoms with Crippen LogP contribution in [0.2, 0.25) is 0 Å². The van der Waals surface area contributed by atoms with E-state index in [9.17, 15) is 4.79 Å². The summed E-state index contributed by atoms with van der Waals surface area (Å²) >= 11 is 1.68. The molecule has 0 unspecified atom stereocenters.